The SMILES string of the molecule is O=C(CN1C(=O)N(c2cccc(Cl)c2)C(=O)C2SC=CC21)N1CCN(c2ccc(F)cc2)CC1. The van der Waals surface area contributed by atoms with E-state index >= 15 is 0 Å². The first-order valence-corrected chi connectivity index (χ1v) is 12.2. The van der Waals surface area contributed by atoms with E-state index in [-0.39, 0.29) is 24.2 Å². The molecule has 0 radical (unpaired) electrons. The lowest BCUT2D eigenvalue weighted by molar-refractivity contribution is -0.133. The topological polar surface area (TPSA) is 64.2 Å². The van der Waals surface area contributed by atoms with Crippen LogP contribution in [0.2, 0.25) is 5.02 Å². The number of halogens is 2. The molecule has 2 aromatic carbocycles. The maximum atomic E-state index is 13.4. The second-order valence-corrected chi connectivity index (χ2v) is 9.77. The molecule has 34 heavy (non-hydrogen) atoms. The van der Waals surface area contributed by atoms with Crippen molar-refractivity contribution in [1.29, 1.82) is 0 Å². The average molecular weight is 501 g/mol. The number of urea groups is 1. The average Bonchev–Trinajstić information content (AvgIpc) is 3.33. The summed E-state index contributed by atoms with van der Waals surface area (Å²) in [5, 5.41) is 1.72. The van der Waals surface area contributed by atoms with Crippen LogP contribution in [0.4, 0.5) is 20.6 Å². The van der Waals surface area contributed by atoms with E-state index in [1.807, 2.05) is 0 Å². The van der Waals surface area contributed by atoms with E-state index in [1.54, 1.807) is 52.8 Å². The molecule has 3 aliphatic heterocycles. The first kappa shape index (κ1) is 22.7. The molecule has 2 atom stereocenters. The van der Waals surface area contributed by atoms with Gasteiger partial charge in [0.15, 0.2) is 0 Å². The zero-order chi connectivity index (χ0) is 23.8. The zero-order valence-corrected chi connectivity index (χ0v) is 19.7. The van der Waals surface area contributed by atoms with Crippen LogP contribution in [0, 0.1) is 5.82 Å². The van der Waals surface area contributed by atoms with E-state index in [0.29, 0.717) is 36.9 Å². The highest BCUT2D eigenvalue weighted by Crippen LogP contribution is 2.36. The van der Waals surface area contributed by atoms with Crippen LogP contribution in [-0.2, 0) is 9.59 Å². The van der Waals surface area contributed by atoms with Gasteiger partial charge in [-0.3, -0.25) is 9.59 Å². The smallest absolute Gasteiger partial charge is 0.332 e. The van der Waals surface area contributed by atoms with Gasteiger partial charge in [-0.1, -0.05) is 23.7 Å². The number of anilines is 2. The summed E-state index contributed by atoms with van der Waals surface area (Å²) in [7, 11) is 0. The van der Waals surface area contributed by atoms with Crippen LogP contribution in [-0.4, -0.2) is 71.7 Å². The Hall–Kier alpha value is -3.04. The van der Waals surface area contributed by atoms with Crippen LogP contribution in [0.3, 0.4) is 0 Å². The number of rotatable bonds is 4. The van der Waals surface area contributed by atoms with Crippen LogP contribution < -0.4 is 9.80 Å². The Morgan fingerprint density at radius 2 is 1.76 bits per heavy atom. The third-order valence-electron chi connectivity index (χ3n) is 6.27. The summed E-state index contributed by atoms with van der Waals surface area (Å²) in [5.41, 5.74) is 1.30. The number of thioether (sulfide) groups is 1. The molecule has 2 unspecified atom stereocenters. The van der Waals surface area contributed by atoms with Crippen molar-refractivity contribution in [3.05, 3.63) is 70.9 Å². The van der Waals surface area contributed by atoms with Gasteiger partial charge in [-0.05, 0) is 47.9 Å². The van der Waals surface area contributed by atoms with Gasteiger partial charge in [-0.15, -0.1) is 11.8 Å². The summed E-state index contributed by atoms with van der Waals surface area (Å²) in [5.74, 6) is -0.771. The summed E-state index contributed by atoms with van der Waals surface area (Å²) in [6.07, 6.45) is 1.81. The lowest BCUT2D eigenvalue weighted by Crippen LogP contribution is -2.64. The summed E-state index contributed by atoms with van der Waals surface area (Å²) in [4.78, 5) is 46.1. The number of carbonyl (C=O) groups is 3. The Morgan fingerprint density at radius 3 is 2.47 bits per heavy atom. The molecule has 3 heterocycles. The minimum Gasteiger partial charge on any atom is -0.368 e. The maximum absolute atomic E-state index is 13.4. The highest BCUT2D eigenvalue weighted by atomic mass is 35.5. The van der Waals surface area contributed by atoms with Crippen molar-refractivity contribution in [3.63, 3.8) is 0 Å². The Bertz CT molecular complexity index is 1150. The number of hydrogen-bond donors (Lipinski definition) is 0. The first-order valence-electron chi connectivity index (χ1n) is 10.9. The van der Waals surface area contributed by atoms with Crippen molar-refractivity contribution in [2.24, 2.45) is 0 Å². The fourth-order valence-corrected chi connectivity index (χ4v) is 5.70. The summed E-state index contributed by atoms with van der Waals surface area (Å²) >= 11 is 7.44. The highest BCUT2D eigenvalue weighted by Gasteiger charge is 2.48. The van der Waals surface area contributed by atoms with Gasteiger partial charge in [0.05, 0.1) is 11.7 Å². The monoisotopic (exact) mass is 500 g/mol. The van der Waals surface area contributed by atoms with E-state index in [0.717, 1.165) is 10.6 Å². The Balaban J connectivity index is 1.29. The molecule has 2 aromatic rings. The number of nitrogens with zero attached hydrogens (tertiary/aromatic N) is 4. The molecule has 3 aliphatic rings. The fraction of sp³-hybridized carbons (Fsp3) is 0.292. The van der Waals surface area contributed by atoms with Crippen molar-refractivity contribution < 1.29 is 18.8 Å². The molecule has 0 aromatic heterocycles. The number of carbonyl (C=O) groups excluding carboxylic acids is 3. The van der Waals surface area contributed by atoms with Crippen molar-refractivity contribution >= 4 is 52.6 Å². The number of fused-ring (bicyclic) bond motifs is 1. The predicted octanol–water partition coefficient (Wildman–Crippen LogP) is 3.59. The standard InChI is InChI=1S/C24H22ClFN4O3S/c25-16-2-1-3-19(14-16)30-23(32)22-20(8-13-34-22)29(24(30)33)15-21(31)28-11-9-27(10-12-28)18-6-4-17(26)5-7-18/h1-8,13-14,20,22H,9-12,15H2. The van der Waals surface area contributed by atoms with Gasteiger partial charge >= 0.3 is 6.03 Å². The molecule has 2 saturated heterocycles. The van der Waals surface area contributed by atoms with E-state index in [1.165, 1.54) is 28.8 Å². The van der Waals surface area contributed by atoms with Crippen LogP contribution in [0.25, 0.3) is 0 Å². The molecule has 0 bridgehead atoms. The third kappa shape index (κ3) is 4.25. The minimum absolute atomic E-state index is 0.119. The van der Waals surface area contributed by atoms with Crippen LogP contribution in [0.5, 0.6) is 0 Å². The Kier molecular flexibility index (Phi) is 6.22. The quantitative estimate of drug-likeness (QED) is 0.642. The molecular formula is C24H22ClFN4O3S. The largest absolute Gasteiger partial charge is 0.368 e. The molecular weight excluding hydrogens is 479 g/mol. The number of imide groups is 1. The molecule has 10 heteroatoms. The van der Waals surface area contributed by atoms with E-state index in [9.17, 15) is 18.8 Å². The van der Waals surface area contributed by atoms with Gasteiger partial charge in [0.2, 0.25) is 5.91 Å². The normalized spacial score (nSPS) is 22.4. The van der Waals surface area contributed by atoms with Crippen molar-refractivity contribution in [3.8, 4) is 0 Å². The number of benzene rings is 2. The number of piperazine rings is 1. The lowest BCUT2D eigenvalue weighted by atomic mass is 10.1. The van der Waals surface area contributed by atoms with Crippen molar-refractivity contribution in [1.82, 2.24) is 9.80 Å². The van der Waals surface area contributed by atoms with Crippen LogP contribution >= 0.6 is 23.4 Å². The molecule has 0 aliphatic carbocycles. The van der Waals surface area contributed by atoms with Gasteiger partial charge in [0.25, 0.3) is 5.91 Å². The molecule has 0 spiro atoms. The zero-order valence-electron chi connectivity index (χ0n) is 18.1. The summed E-state index contributed by atoms with van der Waals surface area (Å²) < 4.78 is 13.2. The first-order chi connectivity index (χ1) is 16.4. The van der Waals surface area contributed by atoms with Gasteiger partial charge in [0.1, 0.15) is 17.6 Å². The fourth-order valence-electron chi connectivity index (χ4n) is 4.48. The molecule has 7 nitrogen and oxygen atoms in total. The number of amides is 4. The second-order valence-electron chi connectivity index (χ2n) is 8.28. The lowest BCUT2D eigenvalue weighted by Gasteiger charge is -2.42. The summed E-state index contributed by atoms with van der Waals surface area (Å²) in [6.45, 7) is 2.09. The Labute approximate surface area is 205 Å². The van der Waals surface area contributed by atoms with E-state index in [4.69, 9.17) is 11.6 Å². The second kappa shape index (κ2) is 9.31. The van der Waals surface area contributed by atoms with E-state index < -0.39 is 17.3 Å². The van der Waals surface area contributed by atoms with Gasteiger partial charge < -0.3 is 14.7 Å². The molecule has 0 N–H and O–H groups in total. The molecule has 5 rings (SSSR count). The highest BCUT2D eigenvalue weighted by molar-refractivity contribution is 8.03. The van der Waals surface area contributed by atoms with Gasteiger partial charge in [-0.25, -0.2) is 14.1 Å². The predicted molar refractivity (Wildman–Crippen MR) is 131 cm³/mol. The molecule has 0 saturated carbocycles. The van der Waals surface area contributed by atoms with Crippen molar-refractivity contribution in [2.75, 3.05) is 42.5 Å². The minimum atomic E-state index is -0.529. The molecule has 4 amide bonds. The van der Waals surface area contributed by atoms with Crippen molar-refractivity contribution in [2.45, 2.75) is 11.3 Å². The Morgan fingerprint density at radius 1 is 1.03 bits per heavy atom. The third-order valence-corrected chi connectivity index (χ3v) is 7.59. The molecule has 2 fully saturated rings. The van der Waals surface area contributed by atoms with Crippen LogP contribution in [0.1, 0.15) is 0 Å². The van der Waals surface area contributed by atoms with Gasteiger partial charge in [0, 0.05) is 36.9 Å². The molecule has 176 valence electrons. The van der Waals surface area contributed by atoms with Gasteiger partial charge in [-0.2, -0.15) is 0 Å². The summed E-state index contributed by atoms with van der Waals surface area (Å²) in [6, 6.07) is 11.9. The maximum Gasteiger partial charge on any atom is 0.332 e. The number of hydrogen-bond acceptors (Lipinski definition) is 5. The van der Waals surface area contributed by atoms with E-state index in [2.05, 4.69) is 4.90 Å². The van der Waals surface area contributed by atoms with Crippen LogP contribution in [0.15, 0.2) is 60.0 Å².